The highest BCUT2D eigenvalue weighted by Gasteiger charge is 2.67. The fourth-order valence-electron chi connectivity index (χ4n) is 8.97. The van der Waals surface area contributed by atoms with Crippen LogP contribution in [0.4, 0.5) is 17.1 Å². The SMILES string of the molecule is Cc1cc(C2C3=CCC4C(=O)N(c5ccc(N6CCOCC6)cc5)C(=O)C4C3CC3C(=O)N(c4ccccc4)C(=O)C32C)ccc1O. The van der Waals surface area contributed by atoms with Gasteiger partial charge in [-0.1, -0.05) is 42.0 Å². The molecular weight excluding hydrogens is 594 g/mol. The molecule has 0 radical (unpaired) electrons. The minimum absolute atomic E-state index is 0.145. The third-order valence-corrected chi connectivity index (χ3v) is 11.3. The number of aromatic hydroxyl groups is 1. The van der Waals surface area contributed by atoms with Crippen molar-refractivity contribution in [1.82, 2.24) is 0 Å². The third kappa shape index (κ3) is 4.32. The maximum atomic E-state index is 14.5. The highest BCUT2D eigenvalue weighted by molar-refractivity contribution is 6.25. The fraction of sp³-hybridized carbons (Fsp3) is 0.368. The summed E-state index contributed by atoms with van der Waals surface area (Å²) in [6.45, 7) is 6.57. The lowest BCUT2D eigenvalue weighted by Gasteiger charge is -2.49. The first-order valence-electron chi connectivity index (χ1n) is 16.4. The maximum Gasteiger partial charge on any atom is 0.241 e. The Morgan fingerprint density at radius 1 is 0.787 bits per heavy atom. The van der Waals surface area contributed by atoms with Crippen molar-refractivity contribution < 1.29 is 29.0 Å². The van der Waals surface area contributed by atoms with Gasteiger partial charge in [0.05, 0.1) is 47.8 Å². The van der Waals surface area contributed by atoms with Crippen LogP contribution in [0.2, 0.25) is 0 Å². The van der Waals surface area contributed by atoms with Gasteiger partial charge in [-0.15, -0.1) is 0 Å². The Labute approximate surface area is 273 Å². The number of fused-ring (bicyclic) bond motifs is 4. The van der Waals surface area contributed by atoms with Crippen LogP contribution in [0, 0.1) is 36.0 Å². The predicted octanol–water partition coefficient (Wildman–Crippen LogP) is 4.97. The number of amides is 4. The molecule has 2 aliphatic carbocycles. The lowest BCUT2D eigenvalue weighted by Crippen LogP contribution is -2.48. The van der Waals surface area contributed by atoms with Gasteiger partial charge in [0.15, 0.2) is 0 Å². The molecule has 4 amide bonds. The molecule has 6 atom stereocenters. The summed E-state index contributed by atoms with van der Waals surface area (Å²) in [5, 5.41) is 10.4. The molecule has 6 unspecified atom stereocenters. The molecule has 47 heavy (non-hydrogen) atoms. The number of ether oxygens (including phenoxy) is 1. The number of allylic oxidation sites excluding steroid dienone is 2. The summed E-state index contributed by atoms with van der Waals surface area (Å²) in [6.07, 6.45) is 2.73. The summed E-state index contributed by atoms with van der Waals surface area (Å²) in [5.74, 6) is -3.67. The zero-order valence-corrected chi connectivity index (χ0v) is 26.5. The summed E-state index contributed by atoms with van der Waals surface area (Å²) >= 11 is 0. The van der Waals surface area contributed by atoms with E-state index in [1.807, 2.05) is 56.3 Å². The number of phenols is 1. The largest absolute Gasteiger partial charge is 0.508 e. The van der Waals surface area contributed by atoms with Crippen molar-refractivity contribution in [2.45, 2.75) is 32.6 Å². The third-order valence-electron chi connectivity index (χ3n) is 11.3. The number of para-hydroxylation sites is 1. The van der Waals surface area contributed by atoms with Gasteiger partial charge in [0.25, 0.3) is 0 Å². The number of anilines is 3. The molecule has 0 spiro atoms. The number of nitrogens with zero attached hydrogens (tertiary/aromatic N) is 3. The second-order valence-electron chi connectivity index (χ2n) is 13.7. The second kappa shape index (κ2) is 10.9. The number of morpholine rings is 1. The first-order valence-corrected chi connectivity index (χ1v) is 16.4. The molecule has 0 bridgehead atoms. The van der Waals surface area contributed by atoms with Gasteiger partial charge in [0, 0.05) is 24.7 Å². The molecule has 5 aliphatic rings. The molecule has 8 rings (SSSR count). The van der Waals surface area contributed by atoms with Crippen molar-refractivity contribution in [3.05, 3.63) is 95.6 Å². The number of benzene rings is 3. The first kappa shape index (κ1) is 29.6. The lowest BCUT2D eigenvalue weighted by molar-refractivity contribution is -0.131. The van der Waals surface area contributed by atoms with Crippen LogP contribution >= 0.6 is 0 Å². The van der Waals surface area contributed by atoms with Crippen molar-refractivity contribution in [1.29, 1.82) is 0 Å². The molecule has 9 heteroatoms. The number of carbonyl (C=O) groups is 4. The Morgan fingerprint density at radius 3 is 2.17 bits per heavy atom. The minimum Gasteiger partial charge on any atom is -0.508 e. The van der Waals surface area contributed by atoms with Crippen LogP contribution in [0.25, 0.3) is 0 Å². The first-order chi connectivity index (χ1) is 22.7. The molecular formula is C38H37N3O6. The van der Waals surface area contributed by atoms with Crippen LogP contribution in [0.15, 0.2) is 84.4 Å². The van der Waals surface area contributed by atoms with E-state index in [1.165, 1.54) is 9.80 Å². The zero-order valence-electron chi connectivity index (χ0n) is 26.5. The number of phenolic OH excluding ortho intramolecular Hbond substituents is 1. The molecule has 240 valence electrons. The molecule has 3 heterocycles. The molecule has 4 fully saturated rings. The Morgan fingerprint density at radius 2 is 1.47 bits per heavy atom. The highest BCUT2D eigenvalue weighted by atomic mass is 16.5. The number of hydrogen-bond donors (Lipinski definition) is 1. The number of aryl methyl sites for hydroxylation is 1. The quantitative estimate of drug-likeness (QED) is 0.320. The standard InChI is InChI=1S/C38H37N3O6/c1-22-20-23(8-15-31(22)42)33-27-13-14-28-32(29(27)21-30-35(44)41(37(46)38(30,33)2)25-6-4-3-5-7-25)36(45)40(34(28)43)26-11-9-24(10-12-26)39-16-18-47-19-17-39/h3-13,15,20,28-30,32-33,42H,14,16-19,21H2,1-2H3. The van der Waals surface area contributed by atoms with E-state index in [0.29, 0.717) is 43.0 Å². The molecule has 0 aromatic heterocycles. The van der Waals surface area contributed by atoms with E-state index in [-0.39, 0.29) is 29.4 Å². The molecule has 1 saturated carbocycles. The zero-order chi connectivity index (χ0) is 32.6. The van der Waals surface area contributed by atoms with Crippen molar-refractivity contribution in [2.24, 2.45) is 29.1 Å². The van der Waals surface area contributed by atoms with Crippen LogP contribution in [0.1, 0.15) is 36.8 Å². The lowest BCUT2D eigenvalue weighted by atomic mass is 9.51. The second-order valence-corrected chi connectivity index (χ2v) is 13.7. The van der Waals surface area contributed by atoms with Crippen LogP contribution in [0.3, 0.4) is 0 Å². The van der Waals surface area contributed by atoms with Crippen LogP contribution in [0.5, 0.6) is 5.75 Å². The van der Waals surface area contributed by atoms with Gasteiger partial charge >= 0.3 is 0 Å². The van der Waals surface area contributed by atoms with E-state index in [1.54, 1.807) is 30.3 Å². The summed E-state index contributed by atoms with van der Waals surface area (Å²) in [5.41, 5.74) is 3.36. The number of imide groups is 2. The van der Waals surface area contributed by atoms with E-state index in [0.717, 1.165) is 29.9 Å². The van der Waals surface area contributed by atoms with Gasteiger partial charge in [0.2, 0.25) is 23.6 Å². The summed E-state index contributed by atoms with van der Waals surface area (Å²) < 4.78 is 5.47. The van der Waals surface area contributed by atoms with E-state index in [2.05, 4.69) is 11.0 Å². The monoisotopic (exact) mass is 631 g/mol. The van der Waals surface area contributed by atoms with E-state index < -0.39 is 35.0 Å². The van der Waals surface area contributed by atoms with Gasteiger partial charge in [-0.3, -0.25) is 24.1 Å². The van der Waals surface area contributed by atoms with Crippen molar-refractivity contribution in [3.63, 3.8) is 0 Å². The number of rotatable bonds is 4. The smallest absolute Gasteiger partial charge is 0.241 e. The highest BCUT2D eigenvalue weighted by Crippen LogP contribution is 2.63. The van der Waals surface area contributed by atoms with Gasteiger partial charge in [0.1, 0.15) is 5.75 Å². The van der Waals surface area contributed by atoms with Gasteiger partial charge in [-0.05, 0) is 86.2 Å². The normalized spacial score (nSPS) is 30.3. The van der Waals surface area contributed by atoms with Crippen molar-refractivity contribution in [3.8, 4) is 5.75 Å². The van der Waals surface area contributed by atoms with E-state index in [9.17, 15) is 24.3 Å². The summed E-state index contributed by atoms with van der Waals surface area (Å²) in [6, 6.07) is 21.9. The average Bonchev–Trinajstić information content (AvgIpc) is 3.46. The van der Waals surface area contributed by atoms with Crippen LogP contribution < -0.4 is 14.7 Å². The number of carbonyl (C=O) groups excluding carboxylic acids is 4. The maximum absolute atomic E-state index is 14.5. The summed E-state index contributed by atoms with van der Waals surface area (Å²) in [4.78, 5) is 62.0. The molecule has 3 aromatic carbocycles. The Kier molecular flexibility index (Phi) is 6.88. The van der Waals surface area contributed by atoms with Crippen LogP contribution in [-0.2, 0) is 23.9 Å². The minimum atomic E-state index is -1.12. The van der Waals surface area contributed by atoms with Gasteiger partial charge in [-0.25, -0.2) is 4.90 Å². The topological polar surface area (TPSA) is 107 Å². The molecule has 3 aliphatic heterocycles. The molecule has 3 aromatic rings. The van der Waals surface area contributed by atoms with E-state index in [4.69, 9.17) is 4.74 Å². The van der Waals surface area contributed by atoms with Crippen LogP contribution in [-0.4, -0.2) is 55.0 Å². The Bertz CT molecular complexity index is 1830. The Hall–Kier alpha value is -4.76. The Balaban J connectivity index is 1.19. The average molecular weight is 632 g/mol. The number of hydrogen-bond acceptors (Lipinski definition) is 7. The van der Waals surface area contributed by atoms with Gasteiger partial charge in [-0.2, -0.15) is 0 Å². The van der Waals surface area contributed by atoms with Crippen molar-refractivity contribution in [2.75, 3.05) is 41.0 Å². The predicted molar refractivity (Wildman–Crippen MR) is 176 cm³/mol. The molecule has 1 N–H and O–H groups in total. The van der Waals surface area contributed by atoms with Gasteiger partial charge < -0.3 is 14.7 Å². The van der Waals surface area contributed by atoms with Crippen molar-refractivity contribution >= 4 is 40.7 Å². The molecule has 3 saturated heterocycles. The summed E-state index contributed by atoms with van der Waals surface area (Å²) in [7, 11) is 0. The van der Waals surface area contributed by atoms with E-state index >= 15 is 0 Å². The molecule has 9 nitrogen and oxygen atoms in total. The fourth-order valence-corrected chi connectivity index (χ4v) is 8.97.